The maximum Gasteiger partial charge on any atom is 0.307 e. The molecular weight excluding hydrogens is 192 g/mol. The highest BCUT2D eigenvalue weighted by Gasteiger charge is 2.36. The minimum absolute atomic E-state index is 0.117. The molecular formula is C11H22N2O2. The van der Waals surface area contributed by atoms with Crippen LogP contribution in [0.1, 0.15) is 20.3 Å². The zero-order valence-corrected chi connectivity index (χ0v) is 10.4. The smallest absolute Gasteiger partial charge is 0.307 e. The zero-order chi connectivity index (χ0) is 11.6. The van der Waals surface area contributed by atoms with E-state index in [0.717, 1.165) is 13.1 Å². The Morgan fingerprint density at radius 1 is 1.47 bits per heavy atom. The number of nitrogens with zero attached hydrogens (tertiary/aromatic N) is 2. The number of hydrogen-bond acceptors (Lipinski definition) is 4. The van der Waals surface area contributed by atoms with Gasteiger partial charge in [0.25, 0.3) is 0 Å². The van der Waals surface area contributed by atoms with E-state index in [1.165, 1.54) is 7.11 Å². The van der Waals surface area contributed by atoms with E-state index >= 15 is 0 Å². The molecule has 0 aromatic carbocycles. The largest absolute Gasteiger partial charge is 0.469 e. The van der Waals surface area contributed by atoms with Crippen molar-refractivity contribution in [3.05, 3.63) is 0 Å². The second-order valence-electron chi connectivity index (χ2n) is 5.05. The molecule has 0 radical (unpaired) electrons. The Morgan fingerprint density at radius 3 is 2.60 bits per heavy atom. The molecule has 1 rings (SSSR count). The van der Waals surface area contributed by atoms with E-state index in [1.54, 1.807) is 0 Å². The molecule has 0 aromatic heterocycles. The molecule has 1 fully saturated rings. The molecule has 0 aromatic rings. The maximum absolute atomic E-state index is 11.3. The Balaban J connectivity index is 2.67. The Morgan fingerprint density at radius 2 is 2.07 bits per heavy atom. The summed E-state index contributed by atoms with van der Waals surface area (Å²) in [5.41, 5.74) is 0.117. The van der Waals surface area contributed by atoms with Gasteiger partial charge >= 0.3 is 5.97 Å². The number of likely N-dealkylation sites (N-methyl/N-ethyl adjacent to an activating group) is 2. The summed E-state index contributed by atoms with van der Waals surface area (Å²) < 4.78 is 4.72. The van der Waals surface area contributed by atoms with Crippen LogP contribution in [-0.4, -0.2) is 61.6 Å². The van der Waals surface area contributed by atoms with Crippen molar-refractivity contribution in [2.24, 2.45) is 0 Å². The van der Waals surface area contributed by atoms with Crippen LogP contribution < -0.4 is 0 Å². The lowest BCUT2D eigenvalue weighted by molar-refractivity contribution is -0.143. The Labute approximate surface area is 92.2 Å². The van der Waals surface area contributed by atoms with Gasteiger partial charge < -0.3 is 9.64 Å². The molecule has 0 aliphatic carbocycles. The van der Waals surface area contributed by atoms with Gasteiger partial charge in [-0.2, -0.15) is 0 Å². The van der Waals surface area contributed by atoms with Crippen molar-refractivity contribution in [1.29, 1.82) is 0 Å². The van der Waals surface area contributed by atoms with Crippen molar-refractivity contribution >= 4 is 5.97 Å². The Bertz CT molecular complexity index is 241. The quantitative estimate of drug-likeness (QED) is 0.629. The lowest BCUT2D eigenvalue weighted by Crippen LogP contribution is -2.61. The fourth-order valence-electron chi connectivity index (χ4n) is 2.29. The van der Waals surface area contributed by atoms with Crippen molar-refractivity contribution in [3.63, 3.8) is 0 Å². The first-order valence-corrected chi connectivity index (χ1v) is 5.35. The van der Waals surface area contributed by atoms with E-state index in [-0.39, 0.29) is 17.6 Å². The van der Waals surface area contributed by atoms with E-state index in [0.29, 0.717) is 6.42 Å². The van der Waals surface area contributed by atoms with Gasteiger partial charge in [0.1, 0.15) is 0 Å². The van der Waals surface area contributed by atoms with Gasteiger partial charge in [-0.15, -0.1) is 0 Å². The van der Waals surface area contributed by atoms with Crippen molar-refractivity contribution in [1.82, 2.24) is 9.80 Å². The molecule has 1 aliphatic rings. The molecule has 0 amide bonds. The molecule has 88 valence electrons. The molecule has 0 N–H and O–H groups in total. The molecule has 1 atom stereocenters. The van der Waals surface area contributed by atoms with Crippen LogP contribution >= 0.6 is 0 Å². The van der Waals surface area contributed by atoms with Crippen LogP contribution in [0.2, 0.25) is 0 Å². The van der Waals surface area contributed by atoms with Gasteiger partial charge in [0.15, 0.2) is 0 Å². The first-order valence-electron chi connectivity index (χ1n) is 5.35. The van der Waals surface area contributed by atoms with E-state index in [1.807, 2.05) is 0 Å². The SMILES string of the molecule is COC(=O)CC1CN(C)CC(C)(C)N1C. The number of piperazine rings is 1. The van der Waals surface area contributed by atoms with Crippen molar-refractivity contribution in [2.45, 2.75) is 31.8 Å². The summed E-state index contributed by atoms with van der Waals surface area (Å²) in [6.45, 7) is 6.36. The summed E-state index contributed by atoms with van der Waals surface area (Å²) in [6.07, 6.45) is 0.473. The number of methoxy groups -OCH3 is 1. The van der Waals surface area contributed by atoms with Crippen LogP contribution in [0.4, 0.5) is 0 Å². The van der Waals surface area contributed by atoms with E-state index in [2.05, 4.69) is 37.7 Å². The molecule has 1 unspecified atom stereocenters. The minimum atomic E-state index is -0.127. The molecule has 4 nitrogen and oxygen atoms in total. The second kappa shape index (κ2) is 4.49. The van der Waals surface area contributed by atoms with Crippen molar-refractivity contribution < 1.29 is 9.53 Å². The average Bonchev–Trinajstić information content (AvgIpc) is 2.12. The molecule has 1 saturated heterocycles. The zero-order valence-electron chi connectivity index (χ0n) is 10.4. The third-order valence-corrected chi connectivity index (χ3v) is 3.31. The van der Waals surface area contributed by atoms with Crippen LogP contribution in [0.15, 0.2) is 0 Å². The molecule has 1 heterocycles. The van der Waals surface area contributed by atoms with Gasteiger partial charge in [-0.1, -0.05) is 0 Å². The highest BCUT2D eigenvalue weighted by atomic mass is 16.5. The van der Waals surface area contributed by atoms with Crippen molar-refractivity contribution in [3.8, 4) is 0 Å². The first kappa shape index (κ1) is 12.5. The highest BCUT2D eigenvalue weighted by molar-refractivity contribution is 5.70. The predicted molar refractivity (Wildman–Crippen MR) is 59.8 cm³/mol. The molecule has 0 bridgehead atoms. The minimum Gasteiger partial charge on any atom is -0.469 e. The highest BCUT2D eigenvalue weighted by Crippen LogP contribution is 2.24. The Kier molecular flexibility index (Phi) is 3.73. The predicted octanol–water partition coefficient (Wildman–Crippen LogP) is 0.574. The van der Waals surface area contributed by atoms with Crippen LogP contribution in [0.5, 0.6) is 0 Å². The first-order chi connectivity index (χ1) is 6.86. The number of carbonyl (C=O) groups excluding carboxylic acids is 1. The summed E-state index contributed by atoms with van der Waals surface area (Å²) in [6, 6.07) is 0.256. The summed E-state index contributed by atoms with van der Waals surface area (Å²) in [5.74, 6) is -0.127. The number of esters is 1. The fourth-order valence-corrected chi connectivity index (χ4v) is 2.29. The second-order valence-corrected chi connectivity index (χ2v) is 5.05. The monoisotopic (exact) mass is 214 g/mol. The summed E-state index contributed by atoms with van der Waals surface area (Å²) >= 11 is 0. The van der Waals surface area contributed by atoms with Gasteiger partial charge in [0, 0.05) is 24.7 Å². The molecule has 4 heteroatoms. The third kappa shape index (κ3) is 2.92. The summed E-state index contributed by atoms with van der Waals surface area (Å²) in [4.78, 5) is 15.8. The van der Waals surface area contributed by atoms with E-state index in [9.17, 15) is 4.79 Å². The molecule has 1 aliphatic heterocycles. The van der Waals surface area contributed by atoms with Gasteiger partial charge in [-0.05, 0) is 27.9 Å². The molecule has 0 saturated carbocycles. The topological polar surface area (TPSA) is 32.8 Å². The van der Waals surface area contributed by atoms with E-state index in [4.69, 9.17) is 4.74 Å². The normalized spacial score (nSPS) is 27.7. The summed E-state index contributed by atoms with van der Waals surface area (Å²) in [5, 5.41) is 0. The number of rotatable bonds is 2. The van der Waals surface area contributed by atoms with Crippen LogP contribution in [0, 0.1) is 0 Å². The number of carbonyl (C=O) groups is 1. The molecule has 0 spiro atoms. The molecule has 15 heavy (non-hydrogen) atoms. The van der Waals surface area contributed by atoms with Gasteiger partial charge in [0.2, 0.25) is 0 Å². The van der Waals surface area contributed by atoms with Crippen LogP contribution in [-0.2, 0) is 9.53 Å². The maximum atomic E-state index is 11.3. The van der Waals surface area contributed by atoms with Crippen molar-refractivity contribution in [2.75, 3.05) is 34.3 Å². The van der Waals surface area contributed by atoms with Gasteiger partial charge in [0.05, 0.1) is 13.5 Å². The van der Waals surface area contributed by atoms with Gasteiger partial charge in [-0.25, -0.2) is 0 Å². The van der Waals surface area contributed by atoms with Crippen LogP contribution in [0.25, 0.3) is 0 Å². The third-order valence-electron chi connectivity index (χ3n) is 3.31. The average molecular weight is 214 g/mol. The fraction of sp³-hybridized carbons (Fsp3) is 0.909. The van der Waals surface area contributed by atoms with Crippen LogP contribution in [0.3, 0.4) is 0 Å². The lowest BCUT2D eigenvalue weighted by atomic mass is 9.95. The summed E-state index contributed by atoms with van der Waals surface area (Å²) in [7, 11) is 5.62. The van der Waals surface area contributed by atoms with Gasteiger partial charge in [-0.3, -0.25) is 9.69 Å². The standard InChI is InChI=1S/C11H22N2O2/c1-11(2)8-12(3)7-9(13(11)4)6-10(14)15-5/h9H,6-8H2,1-5H3. The number of hydrogen-bond donors (Lipinski definition) is 0. The van der Waals surface area contributed by atoms with E-state index < -0.39 is 0 Å². The lowest BCUT2D eigenvalue weighted by Gasteiger charge is -2.49. The Hall–Kier alpha value is -0.610. The number of ether oxygens (including phenoxy) is 1.